The summed E-state index contributed by atoms with van der Waals surface area (Å²) < 4.78 is 7.57. The molecule has 0 radical (unpaired) electrons. The van der Waals surface area contributed by atoms with Gasteiger partial charge >= 0.3 is 0 Å². The SMILES string of the molecule is CCCOc1ccc(C(O)=C2C(=O)C(=O)N(CCCn3ccnc3)[C@@H]2c2ccc(C(C)C)cc2)cc1. The van der Waals surface area contributed by atoms with Gasteiger partial charge in [0.25, 0.3) is 11.7 Å². The number of benzene rings is 2. The molecule has 0 bridgehead atoms. The number of aliphatic hydroxyl groups excluding tert-OH is 1. The van der Waals surface area contributed by atoms with Gasteiger partial charge in [-0.1, -0.05) is 45.0 Å². The molecule has 0 saturated carbocycles. The molecule has 1 aliphatic rings. The number of nitrogens with zero attached hydrogens (tertiary/aromatic N) is 3. The van der Waals surface area contributed by atoms with Gasteiger partial charge in [-0.15, -0.1) is 0 Å². The highest BCUT2D eigenvalue weighted by Gasteiger charge is 2.45. The fourth-order valence-corrected chi connectivity index (χ4v) is 4.45. The summed E-state index contributed by atoms with van der Waals surface area (Å²) in [6.45, 7) is 7.90. The third-order valence-corrected chi connectivity index (χ3v) is 6.43. The molecule has 1 atom stereocenters. The standard InChI is InChI=1S/C29H33N3O4/c1-4-18-36-24-12-10-23(11-13-24)27(33)25-26(22-8-6-21(7-9-22)20(2)3)32(29(35)28(25)34)16-5-15-31-17-14-30-19-31/h6-14,17,19-20,26,33H,4-5,15-16,18H2,1-3H3/t26-/m1/s1. The zero-order valence-electron chi connectivity index (χ0n) is 21.1. The normalized spacial score (nSPS) is 17.2. The van der Waals surface area contributed by atoms with Crippen LogP contribution in [-0.2, 0) is 16.1 Å². The summed E-state index contributed by atoms with van der Waals surface area (Å²) in [4.78, 5) is 32.0. The van der Waals surface area contributed by atoms with Crippen molar-refractivity contribution in [2.24, 2.45) is 0 Å². The molecule has 1 fully saturated rings. The van der Waals surface area contributed by atoms with Crippen molar-refractivity contribution in [3.05, 3.63) is 89.5 Å². The van der Waals surface area contributed by atoms with Crippen LogP contribution in [0.2, 0.25) is 0 Å². The second kappa shape index (κ2) is 11.2. The maximum absolute atomic E-state index is 13.2. The predicted octanol–water partition coefficient (Wildman–Crippen LogP) is 5.31. The minimum absolute atomic E-state index is 0.113. The summed E-state index contributed by atoms with van der Waals surface area (Å²) in [7, 11) is 0. The van der Waals surface area contributed by atoms with Gasteiger partial charge in [0, 0.05) is 31.0 Å². The van der Waals surface area contributed by atoms with Crippen LogP contribution in [0.3, 0.4) is 0 Å². The Bertz CT molecular complexity index is 1210. The molecule has 0 aliphatic carbocycles. The molecule has 3 aromatic rings. The number of aliphatic hydroxyl groups is 1. The summed E-state index contributed by atoms with van der Waals surface area (Å²) in [5, 5.41) is 11.3. The van der Waals surface area contributed by atoms with E-state index >= 15 is 0 Å². The molecule has 1 aromatic heterocycles. The number of aryl methyl sites for hydroxylation is 1. The highest BCUT2D eigenvalue weighted by atomic mass is 16.5. The number of amides is 1. The van der Waals surface area contributed by atoms with E-state index in [0.717, 1.165) is 12.0 Å². The van der Waals surface area contributed by atoms with E-state index in [1.807, 2.05) is 42.0 Å². The smallest absolute Gasteiger partial charge is 0.295 e. The monoisotopic (exact) mass is 487 g/mol. The van der Waals surface area contributed by atoms with Gasteiger partial charge in [-0.2, -0.15) is 0 Å². The Hall–Kier alpha value is -3.87. The molecule has 188 valence electrons. The number of likely N-dealkylation sites (tertiary alicyclic amines) is 1. The van der Waals surface area contributed by atoms with Crippen LogP contribution >= 0.6 is 0 Å². The van der Waals surface area contributed by atoms with Crippen LogP contribution in [0.1, 0.15) is 62.3 Å². The third-order valence-electron chi connectivity index (χ3n) is 6.43. The first-order chi connectivity index (χ1) is 17.4. The van der Waals surface area contributed by atoms with E-state index in [2.05, 4.69) is 18.8 Å². The number of hydrogen-bond acceptors (Lipinski definition) is 5. The molecule has 36 heavy (non-hydrogen) atoms. The Morgan fingerprint density at radius 1 is 1.06 bits per heavy atom. The largest absolute Gasteiger partial charge is 0.507 e. The minimum Gasteiger partial charge on any atom is -0.507 e. The molecule has 1 aliphatic heterocycles. The van der Waals surface area contributed by atoms with Gasteiger partial charge in [-0.3, -0.25) is 9.59 Å². The van der Waals surface area contributed by atoms with Gasteiger partial charge in [0.05, 0.1) is 24.5 Å². The zero-order valence-corrected chi connectivity index (χ0v) is 21.1. The molecule has 1 amide bonds. The molecule has 7 nitrogen and oxygen atoms in total. The van der Waals surface area contributed by atoms with Crippen LogP contribution < -0.4 is 4.74 Å². The van der Waals surface area contributed by atoms with Crippen molar-refractivity contribution >= 4 is 17.4 Å². The van der Waals surface area contributed by atoms with Gasteiger partial charge in [0.2, 0.25) is 0 Å². The second-order valence-corrected chi connectivity index (χ2v) is 9.34. The molecule has 4 rings (SSSR count). The van der Waals surface area contributed by atoms with Crippen molar-refractivity contribution in [3.63, 3.8) is 0 Å². The fraction of sp³-hybridized carbons (Fsp3) is 0.345. The van der Waals surface area contributed by atoms with Crippen molar-refractivity contribution < 1.29 is 19.4 Å². The maximum atomic E-state index is 13.2. The van der Waals surface area contributed by atoms with Gasteiger partial charge in [0.15, 0.2) is 0 Å². The first-order valence-electron chi connectivity index (χ1n) is 12.5. The first kappa shape index (κ1) is 25.2. The van der Waals surface area contributed by atoms with Crippen LogP contribution in [0.15, 0.2) is 72.8 Å². The molecule has 2 aromatic carbocycles. The molecular formula is C29H33N3O4. The summed E-state index contributed by atoms with van der Waals surface area (Å²) in [6.07, 6.45) is 6.84. The Morgan fingerprint density at radius 2 is 1.78 bits per heavy atom. The molecular weight excluding hydrogens is 454 g/mol. The topological polar surface area (TPSA) is 84.7 Å². The number of ketones is 1. The van der Waals surface area contributed by atoms with Crippen LogP contribution in [-0.4, -0.2) is 44.4 Å². The maximum Gasteiger partial charge on any atom is 0.295 e. The highest BCUT2D eigenvalue weighted by Crippen LogP contribution is 2.40. The van der Waals surface area contributed by atoms with Crippen molar-refractivity contribution in [2.45, 2.75) is 52.1 Å². The third kappa shape index (κ3) is 5.35. The summed E-state index contributed by atoms with van der Waals surface area (Å²) in [6, 6.07) is 14.2. The van der Waals surface area contributed by atoms with Crippen molar-refractivity contribution in [1.82, 2.24) is 14.5 Å². The number of carbonyl (C=O) groups is 2. The Kier molecular flexibility index (Phi) is 7.88. The number of rotatable bonds is 10. The zero-order chi connectivity index (χ0) is 25.7. The van der Waals surface area contributed by atoms with Gasteiger partial charge in [0.1, 0.15) is 11.5 Å². The number of imidazole rings is 1. The van der Waals surface area contributed by atoms with E-state index in [1.54, 1.807) is 41.7 Å². The molecule has 1 N–H and O–H groups in total. The lowest BCUT2D eigenvalue weighted by molar-refractivity contribution is -0.139. The molecule has 1 saturated heterocycles. The first-order valence-corrected chi connectivity index (χ1v) is 12.5. The Labute approximate surface area is 212 Å². The lowest BCUT2D eigenvalue weighted by Gasteiger charge is -2.26. The number of aromatic nitrogens is 2. The number of Topliss-reactive ketones (excluding diaryl/α,β-unsaturated/α-hetero) is 1. The Balaban J connectivity index is 1.69. The summed E-state index contributed by atoms with van der Waals surface area (Å²) >= 11 is 0. The van der Waals surface area contributed by atoms with E-state index in [1.165, 1.54) is 5.56 Å². The van der Waals surface area contributed by atoms with Crippen molar-refractivity contribution in [1.29, 1.82) is 0 Å². The highest BCUT2D eigenvalue weighted by molar-refractivity contribution is 6.46. The number of ether oxygens (including phenoxy) is 1. The van der Waals surface area contributed by atoms with E-state index in [-0.39, 0.29) is 11.3 Å². The average Bonchev–Trinajstić information content (AvgIpc) is 3.50. The van der Waals surface area contributed by atoms with Crippen molar-refractivity contribution in [2.75, 3.05) is 13.2 Å². The van der Waals surface area contributed by atoms with Gasteiger partial charge < -0.3 is 19.3 Å². The van der Waals surface area contributed by atoms with Gasteiger partial charge in [-0.25, -0.2) is 4.98 Å². The van der Waals surface area contributed by atoms with E-state index in [0.29, 0.717) is 43.3 Å². The van der Waals surface area contributed by atoms with E-state index in [9.17, 15) is 14.7 Å². The molecule has 2 heterocycles. The number of hydrogen-bond donors (Lipinski definition) is 1. The van der Waals surface area contributed by atoms with Crippen LogP contribution in [0.5, 0.6) is 5.75 Å². The number of carbonyl (C=O) groups excluding carboxylic acids is 2. The minimum atomic E-state index is -0.667. The van der Waals surface area contributed by atoms with Crippen LogP contribution in [0.25, 0.3) is 5.76 Å². The van der Waals surface area contributed by atoms with Gasteiger partial charge in [-0.05, 0) is 54.2 Å². The molecule has 0 unspecified atom stereocenters. The molecule has 7 heteroatoms. The van der Waals surface area contributed by atoms with Crippen LogP contribution in [0, 0.1) is 0 Å². The van der Waals surface area contributed by atoms with Crippen LogP contribution in [0.4, 0.5) is 0 Å². The average molecular weight is 488 g/mol. The van der Waals surface area contributed by atoms with E-state index in [4.69, 9.17) is 4.74 Å². The summed E-state index contributed by atoms with van der Waals surface area (Å²) in [5.74, 6) is -0.393. The Morgan fingerprint density at radius 3 is 2.39 bits per heavy atom. The van der Waals surface area contributed by atoms with Crippen molar-refractivity contribution in [3.8, 4) is 5.75 Å². The van der Waals surface area contributed by atoms with E-state index < -0.39 is 17.7 Å². The molecule has 0 spiro atoms. The summed E-state index contributed by atoms with van der Waals surface area (Å²) in [5.41, 5.74) is 2.55. The predicted molar refractivity (Wildman–Crippen MR) is 139 cm³/mol. The fourth-order valence-electron chi connectivity index (χ4n) is 4.45. The lowest BCUT2D eigenvalue weighted by Crippen LogP contribution is -2.31. The quantitative estimate of drug-likeness (QED) is 0.238. The lowest BCUT2D eigenvalue weighted by atomic mass is 9.93. The second-order valence-electron chi connectivity index (χ2n) is 9.34.